The second kappa shape index (κ2) is 6.60. The lowest BCUT2D eigenvalue weighted by atomic mass is 9.46. The highest BCUT2D eigenvalue weighted by Crippen LogP contribution is 2.74. The van der Waals surface area contributed by atoms with Crippen molar-refractivity contribution in [2.24, 2.45) is 40.4 Å². The van der Waals surface area contributed by atoms with Crippen LogP contribution in [0.1, 0.15) is 85.5 Å². The quantitative estimate of drug-likeness (QED) is 0.487. The number of ether oxygens (including phenoxy) is 2. The first-order chi connectivity index (χ1) is 15.0. The number of hydrogen-bond donors (Lipinski definition) is 3. The first kappa shape index (κ1) is 22.0. The van der Waals surface area contributed by atoms with Gasteiger partial charge in [-0.3, -0.25) is 0 Å². The summed E-state index contributed by atoms with van der Waals surface area (Å²) in [7, 11) is 0. The first-order valence-corrected chi connectivity index (χ1v) is 13.2. The fourth-order valence-corrected chi connectivity index (χ4v) is 9.66. The summed E-state index contributed by atoms with van der Waals surface area (Å²) >= 11 is 0. The molecule has 180 valence electrons. The fraction of sp³-hybridized carbons (Fsp3) is 0.926. The summed E-state index contributed by atoms with van der Waals surface area (Å²) < 4.78 is 12.8. The molecule has 5 heteroatoms. The van der Waals surface area contributed by atoms with Gasteiger partial charge in [0.1, 0.15) is 5.60 Å². The van der Waals surface area contributed by atoms with Gasteiger partial charge in [0.05, 0.1) is 12.7 Å². The van der Waals surface area contributed by atoms with Crippen LogP contribution in [0.3, 0.4) is 0 Å². The van der Waals surface area contributed by atoms with Gasteiger partial charge in [-0.25, -0.2) is 0 Å². The van der Waals surface area contributed by atoms with Crippen molar-refractivity contribution in [3.8, 4) is 0 Å². The van der Waals surface area contributed by atoms with Crippen molar-refractivity contribution in [3.05, 3.63) is 11.6 Å². The van der Waals surface area contributed by atoms with Crippen LogP contribution < -0.4 is 0 Å². The molecule has 0 aromatic heterocycles. The Morgan fingerprint density at radius 1 is 1.00 bits per heavy atom. The summed E-state index contributed by atoms with van der Waals surface area (Å²) in [6, 6.07) is 0. The third-order valence-corrected chi connectivity index (χ3v) is 11.7. The van der Waals surface area contributed by atoms with Crippen LogP contribution in [0.5, 0.6) is 0 Å². The van der Waals surface area contributed by atoms with Crippen molar-refractivity contribution >= 4 is 0 Å². The normalized spacial score (nSPS) is 61.5. The topological polar surface area (TPSA) is 79.2 Å². The molecule has 1 spiro atoms. The molecule has 0 amide bonds. The van der Waals surface area contributed by atoms with E-state index in [1.165, 1.54) is 5.57 Å². The molecule has 5 nitrogen and oxygen atoms in total. The molecule has 0 aromatic carbocycles. The zero-order chi connectivity index (χ0) is 22.7. The van der Waals surface area contributed by atoms with Crippen molar-refractivity contribution in [2.75, 3.05) is 6.61 Å². The van der Waals surface area contributed by atoms with Gasteiger partial charge < -0.3 is 24.8 Å². The smallest absolute Gasteiger partial charge is 0.199 e. The van der Waals surface area contributed by atoms with Crippen LogP contribution in [-0.4, -0.2) is 45.2 Å². The highest BCUT2D eigenvalue weighted by Gasteiger charge is 2.82. The van der Waals surface area contributed by atoms with Crippen molar-refractivity contribution in [1.82, 2.24) is 0 Å². The molecule has 0 unspecified atom stereocenters. The van der Waals surface area contributed by atoms with Crippen LogP contribution in [-0.2, 0) is 9.47 Å². The van der Waals surface area contributed by atoms with Crippen molar-refractivity contribution in [3.63, 3.8) is 0 Å². The molecule has 6 aliphatic rings. The summed E-state index contributed by atoms with van der Waals surface area (Å²) in [5.41, 5.74) is -0.106. The van der Waals surface area contributed by atoms with E-state index in [9.17, 15) is 15.3 Å². The molecule has 0 radical (unpaired) electrons. The van der Waals surface area contributed by atoms with Gasteiger partial charge >= 0.3 is 0 Å². The Morgan fingerprint density at radius 2 is 1.78 bits per heavy atom. The zero-order valence-electron chi connectivity index (χ0n) is 20.3. The average molecular weight is 447 g/mol. The van der Waals surface area contributed by atoms with Gasteiger partial charge in [0, 0.05) is 24.2 Å². The summed E-state index contributed by atoms with van der Waals surface area (Å²) in [6.45, 7) is 9.50. The predicted molar refractivity (Wildman–Crippen MR) is 120 cm³/mol. The number of rotatable bonds is 0. The third kappa shape index (κ3) is 2.43. The molecule has 2 heterocycles. The lowest BCUT2D eigenvalue weighted by molar-refractivity contribution is -0.338. The Hall–Kier alpha value is -0.460. The monoisotopic (exact) mass is 446 g/mol. The minimum atomic E-state index is -1.55. The second-order valence-electron chi connectivity index (χ2n) is 13.0. The molecular weight excluding hydrogens is 404 g/mol. The van der Waals surface area contributed by atoms with E-state index in [0.29, 0.717) is 30.8 Å². The number of aliphatic hydroxyl groups excluding tert-OH is 1. The van der Waals surface area contributed by atoms with E-state index in [1.807, 2.05) is 0 Å². The summed E-state index contributed by atoms with van der Waals surface area (Å²) in [5.74, 6) is -0.987. The maximum absolute atomic E-state index is 12.4. The molecular formula is C27H42O5. The van der Waals surface area contributed by atoms with Crippen LogP contribution >= 0.6 is 0 Å². The van der Waals surface area contributed by atoms with E-state index < -0.39 is 22.6 Å². The Kier molecular flexibility index (Phi) is 4.54. The second-order valence-corrected chi connectivity index (χ2v) is 13.0. The van der Waals surface area contributed by atoms with Crippen molar-refractivity contribution < 1.29 is 24.8 Å². The van der Waals surface area contributed by atoms with Gasteiger partial charge in [-0.05, 0) is 74.0 Å². The number of aliphatic hydroxyl groups is 3. The van der Waals surface area contributed by atoms with Gasteiger partial charge in [-0.15, -0.1) is 0 Å². The molecule has 0 aromatic rings. The van der Waals surface area contributed by atoms with Gasteiger partial charge in [0.15, 0.2) is 11.6 Å². The Morgan fingerprint density at radius 3 is 2.50 bits per heavy atom. The molecule has 0 bridgehead atoms. The van der Waals surface area contributed by atoms with Crippen LogP contribution in [0.2, 0.25) is 0 Å². The van der Waals surface area contributed by atoms with E-state index in [4.69, 9.17) is 9.47 Å². The van der Waals surface area contributed by atoms with E-state index in [1.54, 1.807) is 0 Å². The molecule has 11 atom stereocenters. The zero-order valence-corrected chi connectivity index (χ0v) is 20.3. The van der Waals surface area contributed by atoms with Crippen LogP contribution in [0, 0.1) is 40.4 Å². The number of hydrogen-bond acceptors (Lipinski definition) is 5. The molecule has 4 aliphatic carbocycles. The standard InChI is InChI=1S/C27H42O5/c1-16-7-12-25(31-15-16)17(2)27(30)24(4)11-9-21-20(22(24)14-26(27,29)32-25)6-5-18-13-19(28)8-10-23(18,21)3/h5,16-17,19-22,28-30H,6-15H2,1-4H3/t16-,17-,19+,20-,21+,22+,23+,24+,25-,26+,27+/m1/s1. The molecule has 3 N–H and O–H groups in total. The minimum absolute atomic E-state index is 0.142. The van der Waals surface area contributed by atoms with E-state index in [2.05, 4.69) is 33.8 Å². The number of fused-ring (bicyclic) bond motifs is 7. The van der Waals surface area contributed by atoms with Crippen LogP contribution in [0.25, 0.3) is 0 Å². The summed E-state index contributed by atoms with van der Waals surface area (Å²) in [4.78, 5) is 0. The minimum Gasteiger partial charge on any atom is -0.393 e. The van der Waals surface area contributed by atoms with Gasteiger partial charge in [0.25, 0.3) is 0 Å². The maximum atomic E-state index is 12.4. The first-order valence-electron chi connectivity index (χ1n) is 13.2. The molecule has 5 fully saturated rings. The van der Waals surface area contributed by atoms with Crippen molar-refractivity contribution in [2.45, 2.75) is 109 Å². The van der Waals surface area contributed by atoms with Gasteiger partial charge in [-0.2, -0.15) is 0 Å². The number of allylic oxidation sites excluding steroid dienone is 1. The van der Waals surface area contributed by atoms with Crippen LogP contribution in [0.4, 0.5) is 0 Å². The largest absolute Gasteiger partial charge is 0.393 e. The molecule has 6 rings (SSSR count). The SMILES string of the molecule is C[C@@H]1CC[C@@]2(OC1)O[C@@]1(O)C[C@H]3[C@@H]4CC=C5C[C@@H](O)CC[C@]5(C)[C@H]4CC[C@]3(C)[C@@]1(O)[C@@H]2C. The predicted octanol–water partition coefficient (Wildman–Crippen LogP) is 4.15. The highest BCUT2D eigenvalue weighted by molar-refractivity contribution is 5.30. The Bertz CT molecular complexity index is 832. The van der Waals surface area contributed by atoms with Gasteiger partial charge in [-0.1, -0.05) is 39.3 Å². The Labute approximate surface area is 192 Å². The van der Waals surface area contributed by atoms with E-state index in [0.717, 1.165) is 51.4 Å². The molecule has 32 heavy (non-hydrogen) atoms. The molecule has 2 aliphatic heterocycles. The lowest BCUT2D eigenvalue weighted by Crippen LogP contribution is -2.61. The molecule has 3 saturated carbocycles. The fourth-order valence-electron chi connectivity index (χ4n) is 9.66. The molecule has 2 saturated heterocycles. The highest BCUT2D eigenvalue weighted by atomic mass is 16.8. The third-order valence-electron chi connectivity index (χ3n) is 11.7. The average Bonchev–Trinajstić information content (AvgIpc) is 3.04. The summed E-state index contributed by atoms with van der Waals surface area (Å²) in [6.07, 6.45) is 10.1. The van der Waals surface area contributed by atoms with E-state index in [-0.39, 0.29) is 23.4 Å². The maximum Gasteiger partial charge on any atom is 0.199 e. The van der Waals surface area contributed by atoms with Gasteiger partial charge in [0.2, 0.25) is 0 Å². The lowest BCUT2D eigenvalue weighted by Gasteiger charge is -2.59. The van der Waals surface area contributed by atoms with E-state index >= 15 is 0 Å². The summed E-state index contributed by atoms with van der Waals surface area (Å²) in [5, 5.41) is 34.6. The Balaban J connectivity index is 1.36. The van der Waals surface area contributed by atoms with Crippen LogP contribution in [0.15, 0.2) is 11.6 Å². The van der Waals surface area contributed by atoms with Crippen molar-refractivity contribution in [1.29, 1.82) is 0 Å².